The van der Waals surface area contributed by atoms with E-state index in [0.29, 0.717) is 16.4 Å². The molecule has 0 aliphatic rings. The van der Waals surface area contributed by atoms with Crippen LogP contribution in [0, 0.1) is 0 Å². The average Bonchev–Trinajstić information content (AvgIpc) is 2.32. The summed E-state index contributed by atoms with van der Waals surface area (Å²) in [5, 5.41) is 3.10. The molecular weight excluding hydrogens is 275 g/mol. The van der Waals surface area contributed by atoms with Gasteiger partial charge in [0.1, 0.15) is 11.6 Å². The zero-order chi connectivity index (χ0) is 12.3. The monoisotopic (exact) mass is 284 g/mol. The van der Waals surface area contributed by atoms with Gasteiger partial charge in [-0.3, -0.25) is 4.79 Å². The first-order valence-electron chi connectivity index (χ1n) is 4.80. The van der Waals surface area contributed by atoms with Crippen molar-refractivity contribution in [3.8, 4) is 0 Å². The van der Waals surface area contributed by atoms with Gasteiger partial charge in [0, 0.05) is 12.4 Å². The van der Waals surface area contributed by atoms with Gasteiger partial charge in [-0.2, -0.15) is 0 Å². The van der Waals surface area contributed by atoms with Crippen molar-refractivity contribution in [1.29, 1.82) is 0 Å². The molecule has 1 amide bonds. The van der Waals surface area contributed by atoms with Gasteiger partial charge in [0.25, 0.3) is 5.91 Å². The summed E-state index contributed by atoms with van der Waals surface area (Å²) in [5.41, 5.74) is 5.90. The van der Waals surface area contributed by atoms with E-state index in [-0.39, 0.29) is 24.1 Å². The number of pyridine rings is 2. The minimum Gasteiger partial charge on any atom is -0.383 e. The number of carbonyl (C=O) groups is 1. The topological polar surface area (TPSA) is 80.9 Å². The van der Waals surface area contributed by atoms with Crippen LogP contribution >= 0.6 is 24.0 Å². The van der Waals surface area contributed by atoms with Gasteiger partial charge in [0.05, 0.1) is 10.6 Å². The van der Waals surface area contributed by atoms with Crippen molar-refractivity contribution in [2.75, 3.05) is 11.1 Å². The second-order valence-corrected chi connectivity index (χ2v) is 3.69. The zero-order valence-corrected chi connectivity index (χ0v) is 10.7. The smallest absolute Gasteiger partial charge is 0.260 e. The van der Waals surface area contributed by atoms with Crippen molar-refractivity contribution >= 4 is 41.6 Å². The van der Waals surface area contributed by atoms with Crippen LogP contribution in [0.4, 0.5) is 11.6 Å². The maximum absolute atomic E-state index is 11.8. The molecule has 2 aromatic rings. The summed E-state index contributed by atoms with van der Waals surface area (Å²) in [6.45, 7) is 0. The number of nitrogens with zero attached hydrogens (tertiary/aromatic N) is 2. The van der Waals surface area contributed by atoms with Gasteiger partial charge in [0.15, 0.2) is 0 Å². The third kappa shape index (κ3) is 3.32. The number of rotatable bonds is 2. The van der Waals surface area contributed by atoms with Crippen LogP contribution in [-0.2, 0) is 0 Å². The Hall–Kier alpha value is -1.85. The highest BCUT2D eigenvalue weighted by Gasteiger charge is 2.10. The Bertz CT molecular complexity index is 545. The number of hydrogen-bond acceptors (Lipinski definition) is 4. The predicted octanol–water partition coefficient (Wildman–Crippen LogP) is 2.39. The number of aromatic nitrogens is 2. The molecule has 0 spiro atoms. The lowest BCUT2D eigenvalue weighted by Crippen LogP contribution is -2.15. The lowest BCUT2D eigenvalue weighted by molar-refractivity contribution is 0.102. The van der Waals surface area contributed by atoms with Crippen LogP contribution in [-0.4, -0.2) is 15.9 Å². The van der Waals surface area contributed by atoms with Crippen molar-refractivity contribution in [3.05, 3.63) is 47.2 Å². The summed E-state index contributed by atoms with van der Waals surface area (Å²) in [7, 11) is 0. The highest BCUT2D eigenvalue weighted by Crippen LogP contribution is 2.12. The van der Waals surface area contributed by atoms with E-state index in [1.165, 1.54) is 12.4 Å². The maximum atomic E-state index is 11.8. The standard InChI is InChI=1S/C11H9ClN4O.ClH/c12-7-3-4-9(15-6-7)16-11(17)8-2-1-5-14-10(8)13;/h1-6H,(H2,13,14)(H,15,16,17);1H. The lowest BCUT2D eigenvalue weighted by Gasteiger charge is -2.05. The Kier molecular flexibility index (Phi) is 4.88. The van der Waals surface area contributed by atoms with E-state index in [1.54, 1.807) is 24.3 Å². The van der Waals surface area contributed by atoms with Gasteiger partial charge in [-0.25, -0.2) is 9.97 Å². The molecule has 0 fully saturated rings. The number of nitrogens with one attached hydrogen (secondary N) is 1. The van der Waals surface area contributed by atoms with Gasteiger partial charge >= 0.3 is 0 Å². The fourth-order valence-electron chi connectivity index (χ4n) is 1.24. The first-order chi connectivity index (χ1) is 8.16. The number of halogens is 2. The van der Waals surface area contributed by atoms with Crippen molar-refractivity contribution in [2.24, 2.45) is 0 Å². The average molecular weight is 285 g/mol. The van der Waals surface area contributed by atoms with E-state index in [4.69, 9.17) is 17.3 Å². The SMILES string of the molecule is Cl.Nc1ncccc1C(=O)Nc1ccc(Cl)cn1. The van der Waals surface area contributed by atoms with Crippen LogP contribution in [0.25, 0.3) is 0 Å². The van der Waals surface area contributed by atoms with E-state index >= 15 is 0 Å². The van der Waals surface area contributed by atoms with E-state index in [1.807, 2.05) is 0 Å². The summed E-state index contributed by atoms with van der Waals surface area (Å²) < 4.78 is 0. The van der Waals surface area contributed by atoms with Crippen LogP contribution in [0.1, 0.15) is 10.4 Å². The molecule has 3 N–H and O–H groups in total. The molecule has 5 nitrogen and oxygen atoms in total. The summed E-state index contributed by atoms with van der Waals surface area (Å²) >= 11 is 5.69. The Morgan fingerprint density at radius 3 is 2.67 bits per heavy atom. The van der Waals surface area contributed by atoms with E-state index < -0.39 is 0 Å². The molecule has 0 unspecified atom stereocenters. The van der Waals surface area contributed by atoms with Gasteiger partial charge in [0.2, 0.25) is 0 Å². The molecule has 0 aliphatic carbocycles. The highest BCUT2D eigenvalue weighted by atomic mass is 35.5. The predicted molar refractivity (Wildman–Crippen MR) is 73.1 cm³/mol. The minimum atomic E-state index is -0.356. The number of anilines is 2. The molecule has 0 radical (unpaired) electrons. The number of amides is 1. The fourth-order valence-corrected chi connectivity index (χ4v) is 1.35. The minimum absolute atomic E-state index is 0. The molecule has 2 aromatic heterocycles. The molecule has 0 aromatic carbocycles. The van der Waals surface area contributed by atoms with E-state index in [2.05, 4.69) is 15.3 Å². The Balaban J connectivity index is 0.00000162. The Labute approximate surface area is 115 Å². The molecule has 7 heteroatoms. The van der Waals surface area contributed by atoms with Crippen LogP contribution in [0.2, 0.25) is 5.02 Å². The molecular formula is C11H10Cl2N4O. The van der Waals surface area contributed by atoms with Crippen molar-refractivity contribution in [2.45, 2.75) is 0 Å². The van der Waals surface area contributed by atoms with Gasteiger partial charge < -0.3 is 11.1 Å². The lowest BCUT2D eigenvalue weighted by atomic mass is 10.2. The molecule has 94 valence electrons. The Morgan fingerprint density at radius 1 is 1.28 bits per heavy atom. The van der Waals surface area contributed by atoms with Crippen LogP contribution < -0.4 is 11.1 Å². The highest BCUT2D eigenvalue weighted by molar-refractivity contribution is 6.30. The molecule has 0 saturated heterocycles. The largest absolute Gasteiger partial charge is 0.383 e. The quantitative estimate of drug-likeness (QED) is 0.887. The number of nitrogens with two attached hydrogens (primary N) is 1. The normalized spacial score (nSPS) is 9.39. The number of nitrogen functional groups attached to an aromatic ring is 1. The summed E-state index contributed by atoms with van der Waals surface area (Å²) in [6, 6.07) is 6.47. The van der Waals surface area contributed by atoms with Gasteiger partial charge in [-0.1, -0.05) is 11.6 Å². The van der Waals surface area contributed by atoms with Crippen LogP contribution in [0.15, 0.2) is 36.7 Å². The third-order valence-electron chi connectivity index (χ3n) is 2.05. The maximum Gasteiger partial charge on any atom is 0.260 e. The van der Waals surface area contributed by atoms with E-state index in [0.717, 1.165) is 0 Å². The second-order valence-electron chi connectivity index (χ2n) is 3.25. The molecule has 2 rings (SSSR count). The second kappa shape index (κ2) is 6.18. The third-order valence-corrected chi connectivity index (χ3v) is 2.28. The fraction of sp³-hybridized carbons (Fsp3) is 0. The molecule has 0 saturated carbocycles. The summed E-state index contributed by atoms with van der Waals surface area (Å²) in [6.07, 6.45) is 2.97. The number of carbonyl (C=O) groups excluding carboxylic acids is 1. The molecule has 0 bridgehead atoms. The molecule has 0 atom stereocenters. The van der Waals surface area contributed by atoms with Gasteiger partial charge in [-0.05, 0) is 24.3 Å². The summed E-state index contributed by atoms with van der Waals surface area (Å²) in [5.74, 6) is 0.229. The van der Waals surface area contributed by atoms with Crippen LogP contribution in [0.3, 0.4) is 0 Å². The van der Waals surface area contributed by atoms with Crippen molar-refractivity contribution in [3.63, 3.8) is 0 Å². The molecule has 0 aliphatic heterocycles. The zero-order valence-electron chi connectivity index (χ0n) is 9.13. The number of hydrogen-bond donors (Lipinski definition) is 2. The van der Waals surface area contributed by atoms with Crippen LogP contribution in [0.5, 0.6) is 0 Å². The first-order valence-corrected chi connectivity index (χ1v) is 5.18. The van der Waals surface area contributed by atoms with Gasteiger partial charge in [-0.15, -0.1) is 12.4 Å². The summed E-state index contributed by atoms with van der Waals surface area (Å²) in [4.78, 5) is 19.6. The molecule has 18 heavy (non-hydrogen) atoms. The van der Waals surface area contributed by atoms with Crippen molar-refractivity contribution in [1.82, 2.24) is 9.97 Å². The molecule has 2 heterocycles. The van der Waals surface area contributed by atoms with Crippen molar-refractivity contribution < 1.29 is 4.79 Å². The Morgan fingerprint density at radius 2 is 2.06 bits per heavy atom. The first kappa shape index (κ1) is 14.2. The van der Waals surface area contributed by atoms with E-state index in [9.17, 15) is 4.79 Å².